The fraction of sp³-hybridized carbons (Fsp3) is 0.174. The minimum Gasteiger partial charge on any atom is -0.436 e. The average molecular weight is 406 g/mol. The van der Waals surface area contributed by atoms with Gasteiger partial charge in [0.2, 0.25) is 5.89 Å². The lowest BCUT2D eigenvalue weighted by Gasteiger charge is -2.10. The number of aromatic nitrogens is 2. The molecule has 2 aromatic heterocycles. The van der Waals surface area contributed by atoms with E-state index in [9.17, 15) is 4.79 Å². The normalized spacial score (nSPS) is 11.2. The Labute approximate surface area is 173 Å². The van der Waals surface area contributed by atoms with Gasteiger partial charge < -0.3 is 9.73 Å². The number of hydrogen-bond donors (Lipinski definition) is 1. The van der Waals surface area contributed by atoms with Gasteiger partial charge in [0.25, 0.3) is 5.91 Å². The number of amides is 1. The maximum absolute atomic E-state index is 12.6. The van der Waals surface area contributed by atoms with Crippen molar-refractivity contribution < 1.29 is 9.21 Å². The van der Waals surface area contributed by atoms with Crippen molar-refractivity contribution in [1.29, 1.82) is 0 Å². The molecule has 1 amide bonds. The summed E-state index contributed by atoms with van der Waals surface area (Å²) in [5.74, 6) is 0.610. The molecule has 2 heterocycles. The molecule has 0 radical (unpaired) electrons. The highest BCUT2D eigenvalue weighted by molar-refractivity contribution is 6.33. The third-order valence-corrected chi connectivity index (χ3v) is 5.12. The zero-order chi connectivity index (χ0) is 20.5. The Kier molecular flexibility index (Phi) is 5.07. The topological polar surface area (TPSA) is 68.0 Å². The number of carbonyl (C=O) groups is 1. The van der Waals surface area contributed by atoms with Crippen LogP contribution in [0.15, 0.2) is 59.1 Å². The lowest BCUT2D eigenvalue weighted by atomic mass is 10.0. The highest BCUT2D eigenvalue weighted by atomic mass is 35.5. The van der Waals surface area contributed by atoms with Gasteiger partial charge in [0.05, 0.1) is 5.56 Å². The van der Waals surface area contributed by atoms with E-state index in [0.717, 1.165) is 22.2 Å². The second-order valence-corrected chi connectivity index (χ2v) is 7.58. The Balaban J connectivity index is 1.67. The molecule has 4 aromatic rings. The van der Waals surface area contributed by atoms with Crippen LogP contribution in [0.5, 0.6) is 0 Å². The van der Waals surface area contributed by atoms with Crippen molar-refractivity contribution in [3.8, 4) is 11.5 Å². The summed E-state index contributed by atoms with van der Waals surface area (Å²) >= 11 is 6.04. The SMILES string of the molecule is Cc1ccc(-c2nc3cc(C(C)C)ccc3o2)cc1NC(=O)c1cccnc1Cl. The molecule has 6 heteroatoms. The molecule has 0 saturated carbocycles. The number of nitrogens with zero attached hydrogens (tertiary/aromatic N) is 2. The van der Waals surface area contributed by atoms with Crippen LogP contribution >= 0.6 is 11.6 Å². The highest BCUT2D eigenvalue weighted by Crippen LogP contribution is 2.30. The fourth-order valence-electron chi connectivity index (χ4n) is 3.06. The first kappa shape index (κ1) is 19.2. The second-order valence-electron chi connectivity index (χ2n) is 7.23. The number of anilines is 1. The first-order chi connectivity index (χ1) is 13.9. The minimum atomic E-state index is -0.317. The zero-order valence-corrected chi connectivity index (χ0v) is 17.1. The summed E-state index contributed by atoms with van der Waals surface area (Å²) in [5, 5.41) is 3.07. The van der Waals surface area contributed by atoms with Crippen LogP contribution in [0.4, 0.5) is 5.69 Å². The summed E-state index contributed by atoms with van der Waals surface area (Å²) in [7, 11) is 0. The van der Waals surface area contributed by atoms with Crippen LogP contribution in [0.3, 0.4) is 0 Å². The van der Waals surface area contributed by atoms with Gasteiger partial charge in [-0.2, -0.15) is 0 Å². The van der Waals surface area contributed by atoms with E-state index in [-0.39, 0.29) is 11.1 Å². The number of hydrogen-bond acceptors (Lipinski definition) is 4. The molecule has 29 heavy (non-hydrogen) atoms. The largest absolute Gasteiger partial charge is 0.436 e. The van der Waals surface area contributed by atoms with Gasteiger partial charge in [-0.15, -0.1) is 0 Å². The van der Waals surface area contributed by atoms with Crippen molar-refractivity contribution in [2.24, 2.45) is 0 Å². The molecular formula is C23H20ClN3O2. The monoisotopic (exact) mass is 405 g/mol. The molecule has 0 atom stereocenters. The number of oxazole rings is 1. The van der Waals surface area contributed by atoms with Crippen LogP contribution in [0, 0.1) is 6.92 Å². The lowest BCUT2D eigenvalue weighted by Crippen LogP contribution is -2.13. The summed E-state index contributed by atoms with van der Waals surface area (Å²) in [6.45, 7) is 6.21. The van der Waals surface area contributed by atoms with E-state index in [1.807, 2.05) is 37.3 Å². The standard InChI is InChI=1S/C23H20ClN3O2/c1-13(2)15-8-9-20-19(11-15)27-23(29-20)16-7-6-14(3)18(12-16)26-22(28)17-5-4-10-25-21(17)24/h4-13H,1-3H3,(H,26,28). The first-order valence-corrected chi connectivity index (χ1v) is 9.73. The van der Waals surface area contributed by atoms with E-state index in [1.54, 1.807) is 18.3 Å². The van der Waals surface area contributed by atoms with Crippen molar-refractivity contribution in [2.45, 2.75) is 26.7 Å². The average Bonchev–Trinajstić information content (AvgIpc) is 3.13. The van der Waals surface area contributed by atoms with Crippen LogP contribution in [-0.4, -0.2) is 15.9 Å². The van der Waals surface area contributed by atoms with Crippen LogP contribution in [0.2, 0.25) is 5.15 Å². The molecule has 2 aromatic carbocycles. The maximum Gasteiger partial charge on any atom is 0.258 e. The van der Waals surface area contributed by atoms with Gasteiger partial charge in [-0.1, -0.05) is 37.6 Å². The summed E-state index contributed by atoms with van der Waals surface area (Å²) < 4.78 is 5.94. The van der Waals surface area contributed by atoms with Crippen molar-refractivity contribution in [1.82, 2.24) is 9.97 Å². The number of benzene rings is 2. The van der Waals surface area contributed by atoms with E-state index in [0.29, 0.717) is 23.1 Å². The minimum absolute atomic E-state index is 0.165. The zero-order valence-electron chi connectivity index (χ0n) is 16.4. The van der Waals surface area contributed by atoms with Crippen LogP contribution < -0.4 is 5.32 Å². The van der Waals surface area contributed by atoms with Crippen molar-refractivity contribution in [3.05, 3.63) is 76.6 Å². The molecule has 0 aliphatic carbocycles. The number of rotatable bonds is 4. The summed E-state index contributed by atoms with van der Waals surface area (Å²) in [4.78, 5) is 21.2. The molecular weight excluding hydrogens is 386 g/mol. The van der Waals surface area contributed by atoms with E-state index in [2.05, 4.69) is 35.2 Å². The van der Waals surface area contributed by atoms with Gasteiger partial charge in [-0.3, -0.25) is 4.79 Å². The molecule has 0 aliphatic heterocycles. The number of carbonyl (C=O) groups excluding carboxylic acids is 1. The number of aryl methyl sites for hydroxylation is 1. The summed E-state index contributed by atoms with van der Waals surface area (Å²) in [6.07, 6.45) is 1.54. The van der Waals surface area contributed by atoms with Gasteiger partial charge >= 0.3 is 0 Å². The number of pyridine rings is 1. The van der Waals surface area contributed by atoms with E-state index < -0.39 is 0 Å². The molecule has 4 rings (SSSR count). The Hall–Kier alpha value is -3.18. The van der Waals surface area contributed by atoms with E-state index in [1.165, 1.54) is 5.56 Å². The number of fused-ring (bicyclic) bond motifs is 1. The van der Waals surface area contributed by atoms with Gasteiger partial charge in [-0.05, 0) is 60.4 Å². The van der Waals surface area contributed by atoms with Crippen molar-refractivity contribution >= 4 is 34.3 Å². The Bertz CT molecular complexity index is 1210. The van der Waals surface area contributed by atoms with E-state index >= 15 is 0 Å². The molecule has 0 aliphatic rings. The Morgan fingerprint density at radius 2 is 1.97 bits per heavy atom. The van der Waals surface area contributed by atoms with Crippen LogP contribution in [-0.2, 0) is 0 Å². The predicted octanol–water partition coefficient (Wildman–Crippen LogP) is 6.23. The Morgan fingerprint density at radius 3 is 2.72 bits per heavy atom. The smallest absolute Gasteiger partial charge is 0.258 e. The fourth-order valence-corrected chi connectivity index (χ4v) is 3.27. The van der Waals surface area contributed by atoms with Gasteiger partial charge in [0.15, 0.2) is 5.58 Å². The molecule has 0 fully saturated rings. The lowest BCUT2D eigenvalue weighted by molar-refractivity contribution is 0.102. The third-order valence-electron chi connectivity index (χ3n) is 4.81. The molecule has 0 unspecified atom stereocenters. The van der Waals surface area contributed by atoms with Crippen LogP contribution in [0.1, 0.15) is 41.3 Å². The van der Waals surface area contributed by atoms with Gasteiger partial charge in [0, 0.05) is 17.4 Å². The Morgan fingerprint density at radius 1 is 1.14 bits per heavy atom. The molecule has 0 spiro atoms. The first-order valence-electron chi connectivity index (χ1n) is 9.36. The summed E-state index contributed by atoms with van der Waals surface area (Å²) in [6, 6.07) is 15.1. The van der Waals surface area contributed by atoms with Gasteiger partial charge in [0.1, 0.15) is 10.7 Å². The highest BCUT2D eigenvalue weighted by Gasteiger charge is 2.15. The van der Waals surface area contributed by atoms with E-state index in [4.69, 9.17) is 16.0 Å². The molecule has 0 bridgehead atoms. The molecule has 146 valence electrons. The van der Waals surface area contributed by atoms with Crippen molar-refractivity contribution in [3.63, 3.8) is 0 Å². The maximum atomic E-state index is 12.6. The molecule has 1 N–H and O–H groups in total. The number of nitrogens with one attached hydrogen (secondary N) is 1. The van der Waals surface area contributed by atoms with Gasteiger partial charge in [-0.25, -0.2) is 9.97 Å². The van der Waals surface area contributed by atoms with Crippen LogP contribution in [0.25, 0.3) is 22.6 Å². The molecule has 0 saturated heterocycles. The van der Waals surface area contributed by atoms with Crippen molar-refractivity contribution in [2.75, 3.05) is 5.32 Å². The molecule has 5 nitrogen and oxygen atoms in total. The third kappa shape index (κ3) is 3.87. The quantitative estimate of drug-likeness (QED) is 0.409. The number of halogens is 1. The predicted molar refractivity (Wildman–Crippen MR) is 115 cm³/mol. The summed E-state index contributed by atoms with van der Waals surface area (Å²) in [5.41, 5.74) is 5.45. The second kappa shape index (κ2) is 7.68.